The van der Waals surface area contributed by atoms with Crippen molar-refractivity contribution >= 4 is 7.28 Å². The zero-order valence-corrected chi connectivity index (χ0v) is 9.18. The van der Waals surface area contributed by atoms with E-state index in [1.54, 1.807) is 6.92 Å². The number of hydrogen-bond donors (Lipinski definition) is 2. The summed E-state index contributed by atoms with van der Waals surface area (Å²) in [4.78, 5) is 19.9. The van der Waals surface area contributed by atoms with Crippen LogP contribution in [-0.4, -0.2) is 28.7 Å². The van der Waals surface area contributed by atoms with Gasteiger partial charge in [-0.2, -0.15) is 0 Å². The van der Waals surface area contributed by atoms with Gasteiger partial charge in [0, 0.05) is 0 Å². The minimum atomic E-state index is -3.71. The first-order chi connectivity index (χ1) is 5.46. The quantitative estimate of drug-likeness (QED) is 0.640. The van der Waals surface area contributed by atoms with E-state index in [2.05, 4.69) is 0 Å². The molecule has 12 heavy (non-hydrogen) atoms. The van der Waals surface area contributed by atoms with Crippen LogP contribution in [0.4, 0.5) is 0 Å². The van der Waals surface area contributed by atoms with Crippen LogP contribution in [-0.2, 0) is 4.52 Å². The van der Waals surface area contributed by atoms with Gasteiger partial charge in [-0.25, -0.2) is 0 Å². The summed E-state index contributed by atoms with van der Waals surface area (Å²) in [5.41, 5.74) is 0. The number of hydrogen-bond acceptors (Lipinski definition) is 3. The molecule has 0 aromatic carbocycles. The topological polar surface area (TPSA) is 49.7 Å². The second kappa shape index (κ2) is 4.52. The van der Waals surface area contributed by atoms with Crippen LogP contribution in [0.5, 0.6) is 0 Å². The van der Waals surface area contributed by atoms with Crippen molar-refractivity contribution in [3.05, 3.63) is 0 Å². The van der Waals surface area contributed by atoms with Crippen molar-refractivity contribution in [1.82, 2.24) is 0 Å². The fourth-order valence-electron chi connectivity index (χ4n) is 1.44. The Kier molecular flexibility index (Phi) is 4.64. The SMILES string of the molecule is CCCP(O)(O)(CCC)OCC. The summed E-state index contributed by atoms with van der Waals surface area (Å²) >= 11 is 0. The van der Waals surface area contributed by atoms with Gasteiger partial charge in [0.1, 0.15) is 0 Å². The van der Waals surface area contributed by atoms with Crippen molar-refractivity contribution in [2.45, 2.75) is 33.6 Å². The first kappa shape index (κ1) is 12.3. The zero-order valence-electron chi connectivity index (χ0n) is 8.29. The maximum atomic E-state index is 9.94. The summed E-state index contributed by atoms with van der Waals surface area (Å²) in [6.07, 6.45) is 2.30. The van der Waals surface area contributed by atoms with E-state index in [0.717, 1.165) is 12.8 Å². The van der Waals surface area contributed by atoms with Crippen molar-refractivity contribution in [2.24, 2.45) is 0 Å². The molecule has 3 nitrogen and oxygen atoms in total. The van der Waals surface area contributed by atoms with E-state index >= 15 is 0 Å². The molecule has 0 saturated heterocycles. The zero-order chi connectivity index (χ0) is 9.69. The van der Waals surface area contributed by atoms with Gasteiger partial charge in [-0.15, -0.1) is 0 Å². The Hall–Kier alpha value is 0.310. The molecule has 0 fully saturated rings. The molecule has 4 heteroatoms. The molecule has 0 unspecified atom stereocenters. The van der Waals surface area contributed by atoms with Crippen molar-refractivity contribution in [1.29, 1.82) is 0 Å². The summed E-state index contributed by atoms with van der Waals surface area (Å²) in [5, 5.41) is 0. The first-order valence-corrected chi connectivity index (χ1v) is 7.06. The second-order valence-corrected chi connectivity index (χ2v) is 6.92. The fourth-order valence-corrected chi connectivity index (χ4v) is 4.31. The maximum absolute atomic E-state index is 9.94. The summed E-state index contributed by atoms with van der Waals surface area (Å²) in [5.74, 6) is 0. The fraction of sp³-hybridized carbons (Fsp3) is 1.00. The molecule has 0 aromatic heterocycles. The molecule has 0 heterocycles. The van der Waals surface area contributed by atoms with Gasteiger partial charge in [0.15, 0.2) is 0 Å². The Morgan fingerprint density at radius 2 is 1.42 bits per heavy atom. The molecule has 0 aliphatic heterocycles. The van der Waals surface area contributed by atoms with E-state index in [-0.39, 0.29) is 0 Å². The first-order valence-electron chi connectivity index (χ1n) is 4.63. The minimum absolute atomic E-state index is 0.380. The van der Waals surface area contributed by atoms with E-state index in [4.69, 9.17) is 4.52 Å². The third-order valence-electron chi connectivity index (χ3n) is 1.77. The molecule has 0 atom stereocenters. The Labute approximate surface area is 74.9 Å². The van der Waals surface area contributed by atoms with E-state index in [1.807, 2.05) is 13.8 Å². The normalized spacial score (nSPS) is 15.6. The van der Waals surface area contributed by atoms with Crippen LogP contribution in [0.25, 0.3) is 0 Å². The Morgan fingerprint density at radius 1 is 1.00 bits per heavy atom. The van der Waals surface area contributed by atoms with Crippen LogP contribution < -0.4 is 0 Å². The Morgan fingerprint density at radius 3 is 1.67 bits per heavy atom. The van der Waals surface area contributed by atoms with Crippen LogP contribution in [0.3, 0.4) is 0 Å². The van der Waals surface area contributed by atoms with Crippen LogP contribution in [0.15, 0.2) is 0 Å². The van der Waals surface area contributed by atoms with Gasteiger partial charge in [-0.1, -0.05) is 0 Å². The summed E-state index contributed by atoms with van der Waals surface area (Å²) in [6.45, 7) is 6.04. The third-order valence-corrected chi connectivity index (χ3v) is 5.32. The molecule has 0 aliphatic rings. The predicted molar refractivity (Wildman–Crippen MR) is 53.3 cm³/mol. The molecule has 0 saturated carbocycles. The third kappa shape index (κ3) is 3.81. The average molecular weight is 196 g/mol. The average Bonchev–Trinajstić information content (AvgIpc) is 1.86. The molecule has 0 rings (SSSR count). The summed E-state index contributed by atoms with van der Waals surface area (Å²) in [6, 6.07) is 0. The molecular formula is C8H21O3P. The summed E-state index contributed by atoms with van der Waals surface area (Å²) in [7, 11) is -3.71. The van der Waals surface area contributed by atoms with Crippen molar-refractivity contribution in [3.63, 3.8) is 0 Å². The molecule has 0 aromatic rings. The predicted octanol–water partition coefficient (Wildman–Crippen LogP) is 2.13. The van der Waals surface area contributed by atoms with E-state index in [9.17, 15) is 9.79 Å². The van der Waals surface area contributed by atoms with Crippen molar-refractivity contribution in [2.75, 3.05) is 18.9 Å². The van der Waals surface area contributed by atoms with Gasteiger partial charge in [0.25, 0.3) is 0 Å². The Bertz CT molecular complexity index is 112. The van der Waals surface area contributed by atoms with E-state index in [1.165, 1.54) is 0 Å². The van der Waals surface area contributed by atoms with Crippen LogP contribution in [0.2, 0.25) is 0 Å². The van der Waals surface area contributed by atoms with E-state index in [0.29, 0.717) is 18.9 Å². The molecule has 0 radical (unpaired) electrons. The molecule has 0 aliphatic carbocycles. The van der Waals surface area contributed by atoms with Crippen molar-refractivity contribution < 1.29 is 14.3 Å². The van der Waals surface area contributed by atoms with Gasteiger partial charge in [0.05, 0.1) is 0 Å². The Balaban J connectivity index is 4.31. The van der Waals surface area contributed by atoms with Crippen LogP contribution >= 0.6 is 7.28 Å². The van der Waals surface area contributed by atoms with Gasteiger partial charge >= 0.3 is 74.1 Å². The summed E-state index contributed by atoms with van der Waals surface area (Å²) < 4.78 is 5.14. The molecule has 2 N–H and O–H groups in total. The molecular weight excluding hydrogens is 175 g/mol. The molecule has 0 bridgehead atoms. The van der Waals surface area contributed by atoms with E-state index < -0.39 is 7.28 Å². The van der Waals surface area contributed by atoms with Crippen LogP contribution in [0.1, 0.15) is 33.6 Å². The molecule has 0 spiro atoms. The molecule has 0 amide bonds. The van der Waals surface area contributed by atoms with Crippen LogP contribution in [0, 0.1) is 0 Å². The van der Waals surface area contributed by atoms with Gasteiger partial charge < -0.3 is 0 Å². The number of rotatable bonds is 6. The monoisotopic (exact) mass is 196 g/mol. The second-order valence-electron chi connectivity index (χ2n) is 3.17. The van der Waals surface area contributed by atoms with Crippen molar-refractivity contribution in [3.8, 4) is 0 Å². The standard InChI is InChI=1S/C8H21O3P/c1-4-7-12(9,10,8-5-2)11-6-3/h9-10H,4-8H2,1-3H3. The van der Waals surface area contributed by atoms with Gasteiger partial charge in [-0.3, -0.25) is 0 Å². The molecule has 76 valence electrons. The van der Waals surface area contributed by atoms with Gasteiger partial charge in [-0.05, 0) is 0 Å². The van der Waals surface area contributed by atoms with Gasteiger partial charge in [0.2, 0.25) is 0 Å².